The molecule has 0 aromatic heterocycles. The van der Waals surface area contributed by atoms with E-state index in [-0.39, 0.29) is 10.2 Å². The summed E-state index contributed by atoms with van der Waals surface area (Å²) in [6.45, 7) is 0. The zero-order valence-corrected chi connectivity index (χ0v) is 6.59. The summed E-state index contributed by atoms with van der Waals surface area (Å²) in [4.78, 5) is 20.4. The fourth-order valence-electron chi connectivity index (χ4n) is 0.344. The Hall–Kier alpha value is -1.77. The van der Waals surface area contributed by atoms with Crippen LogP contribution < -0.4 is 22.3 Å². The largest absolute Gasteiger partial charge is 0.462 e. The zero-order valence-electron chi connectivity index (χ0n) is 5.77. The van der Waals surface area contributed by atoms with Gasteiger partial charge in [0.2, 0.25) is 0 Å². The fraction of sp³-hybridized carbons (Fsp3) is 0. The average molecular weight is 193 g/mol. The molecule has 0 aromatic rings. The molecule has 0 atom stereocenters. The summed E-state index contributed by atoms with van der Waals surface area (Å²) in [5, 5.41) is 8.28. The van der Waals surface area contributed by atoms with E-state index in [1.54, 1.807) is 5.43 Å². The first kappa shape index (κ1) is 10.2. The quantitative estimate of drug-likeness (QED) is 0.230. The van der Waals surface area contributed by atoms with E-state index in [0.29, 0.717) is 0 Å². The van der Waals surface area contributed by atoms with Gasteiger partial charge in [-0.2, -0.15) is 0 Å². The first-order valence-electron chi connectivity index (χ1n) is 2.58. The van der Waals surface area contributed by atoms with Gasteiger partial charge in [0, 0.05) is 0 Å². The van der Waals surface area contributed by atoms with Crippen LogP contribution in [0.2, 0.25) is 0 Å². The number of amides is 3. The van der Waals surface area contributed by atoms with Crippen molar-refractivity contribution < 1.29 is 14.7 Å². The first-order valence-corrected chi connectivity index (χ1v) is 2.99. The molecule has 3 amide bonds. The minimum absolute atomic E-state index is 0.241. The van der Waals surface area contributed by atoms with Crippen LogP contribution >= 0.6 is 12.2 Å². The summed E-state index contributed by atoms with van der Waals surface area (Å²) in [6, 6.07) is -1.05. The Morgan fingerprint density at radius 1 is 1.33 bits per heavy atom. The SMILES string of the molecule is NC(=O)NN(NC(N)=S)C(=O)O. The van der Waals surface area contributed by atoms with Crippen molar-refractivity contribution in [2.75, 3.05) is 0 Å². The van der Waals surface area contributed by atoms with Crippen molar-refractivity contribution in [3.8, 4) is 0 Å². The van der Waals surface area contributed by atoms with E-state index in [2.05, 4.69) is 18.0 Å². The Labute approximate surface area is 72.4 Å². The van der Waals surface area contributed by atoms with Gasteiger partial charge in [0.05, 0.1) is 0 Å². The van der Waals surface area contributed by atoms with Crippen LogP contribution in [0, 0.1) is 0 Å². The van der Waals surface area contributed by atoms with Crippen LogP contribution in [-0.4, -0.2) is 27.5 Å². The van der Waals surface area contributed by atoms with E-state index in [1.165, 1.54) is 0 Å². The maximum atomic E-state index is 10.2. The third-order valence-electron chi connectivity index (χ3n) is 0.635. The monoisotopic (exact) mass is 193 g/mol. The van der Waals surface area contributed by atoms with E-state index >= 15 is 0 Å². The number of primary amides is 1. The number of hydrogen-bond donors (Lipinski definition) is 5. The first-order chi connectivity index (χ1) is 5.43. The highest BCUT2D eigenvalue weighted by atomic mass is 32.1. The van der Waals surface area contributed by atoms with E-state index in [4.69, 9.17) is 10.8 Å². The number of carbonyl (C=O) groups excluding carboxylic acids is 1. The Morgan fingerprint density at radius 3 is 2.08 bits per heavy atom. The Balaban J connectivity index is 4.14. The van der Waals surface area contributed by atoms with Gasteiger partial charge in [0.1, 0.15) is 0 Å². The molecule has 0 spiro atoms. The molecule has 0 fully saturated rings. The normalized spacial score (nSPS) is 8.33. The van der Waals surface area contributed by atoms with E-state index in [0.717, 1.165) is 0 Å². The van der Waals surface area contributed by atoms with Crippen molar-refractivity contribution in [1.29, 1.82) is 0 Å². The highest BCUT2D eigenvalue weighted by Crippen LogP contribution is 1.76. The van der Waals surface area contributed by atoms with Gasteiger partial charge in [-0.25, -0.2) is 20.4 Å². The standard InChI is InChI=1S/C3H7N5O3S/c4-1(9)6-8(3(10)11)7-2(5)12/h(H,10,11)(H3,4,6,9)(H3,5,7,12). The van der Waals surface area contributed by atoms with Gasteiger partial charge in [-0.05, 0) is 12.2 Å². The highest BCUT2D eigenvalue weighted by Gasteiger charge is 2.12. The lowest BCUT2D eigenvalue weighted by Crippen LogP contribution is -2.58. The van der Waals surface area contributed by atoms with Crippen molar-refractivity contribution in [2.45, 2.75) is 0 Å². The predicted molar refractivity (Wildman–Crippen MR) is 42.5 cm³/mol. The number of nitrogens with one attached hydrogen (secondary N) is 2. The second-order valence-electron chi connectivity index (χ2n) is 1.57. The topological polar surface area (TPSA) is 134 Å². The van der Waals surface area contributed by atoms with E-state index in [9.17, 15) is 9.59 Å². The average Bonchev–Trinajstić information content (AvgIpc) is 1.83. The number of hydrogen-bond acceptors (Lipinski definition) is 3. The Kier molecular flexibility index (Phi) is 3.56. The van der Waals surface area contributed by atoms with Gasteiger partial charge in [-0.15, -0.1) is 5.12 Å². The number of nitrogens with zero attached hydrogens (tertiary/aromatic N) is 1. The highest BCUT2D eigenvalue weighted by molar-refractivity contribution is 7.80. The number of urea groups is 1. The van der Waals surface area contributed by atoms with Gasteiger partial charge in [0.25, 0.3) is 0 Å². The molecule has 0 bridgehead atoms. The molecule has 0 saturated heterocycles. The van der Waals surface area contributed by atoms with Gasteiger partial charge < -0.3 is 16.6 Å². The van der Waals surface area contributed by atoms with Crippen LogP contribution in [0.25, 0.3) is 0 Å². The molecule has 0 aromatic carbocycles. The van der Waals surface area contributed by atoms with Crippen LogP contribution in [0.4, 0.5) is 9.59 Å². The van der Waals surface area contributed by atoms with Crippen LogP contribution in [0.3, 0.4) is 0 Å². The number of hydrazine groups is 2. The maximum Gasteiger partial charge on any atom is 0.446 e. The predicted octanol–water partition coefficient (Wildman–Crippen LogP) is -1.70. The fourth-order valence-corrected chi connectivity index (χ4v) is 0.435. The van der Waals surface area contributed by atoms with Crippen LogP contribution in [0.1, 0.15) is 0 Å². The lowest BCUT2D eigenvalue weighted by molar-refractivity contribution is 0.111. The minimum atomic E-state index is -1.50. The summed E-state index contributed by atoms with van der Waals surface area (Å²) in [5.74, 6) is 0. The molecule has 0 radical (unpaired) electrons. The lowest BCUT2D eigenvalue weighted by Gasteiger charge is -2.18. The summed E-state index contributed by atoms with van der Waals surface area (Å²) < 4.78 is 0. The van der Waals surface area contributed by atoms with Gasteiger partial charge >= 0.3 is 12.1 Å². The molecule has 7 N–H and O–H groups in total. The molecule has 0 heterocycles. The molecule has 12 heavy (non-hydrogen) atoms. The smallest absolute Gasteiger partial charge is 0.446 e. The number of nitrogens with two attached hydrogens (primary N) is 2. The molecular weight excluding hydrogens is 186 g/mol. The Bertz CT molecular complexity index is 202. The minimum Gasteiger partial charge on any atom is -0.462 e. The zero-order chi connectivity index (χ0) is 9.72. The molecule has 68 valence electrons. The second kappa shape index (κ2) is 4.18. The van der Waals surface area contributed by atoms with Gasteiger partial charge in [-0.3, -0.25) is 0 Å². The summed E-state index contributed by atoms with van der Waals surface area (Å²) in [7, 11) is 0. The van der Waals surface area contributed by atoms with E-state index in [1.807, 2.05) is 5.43 Å². The number of thiocarbonyl (C=S) groups is 1. The third-order valence-corrected chi connectivity index (χ3v) is 0.727. The van der Waals surface area contributed by atoms with Crippen LogP contribution in [-0.2, 0) is 0 Å². The van der Waals surface area contributed by atoms with Crippen molar-refractivity contribution in [1.82, 2.24) is 16.0 Å². The number of carbonyl (C=O) groups is 2. The maximum absolute atomic E-state index is 10.2. The van der Waals surface area contributed by atoms with Gasteiger partial charge in [-0.1, -0.05) is 0 Å². The summed E-state index contributed by atoms with van der Waals surface area (Å²) >= 11 is 4.31. The molecule has 0 aliphatic heterocycles. The molecule has 0 aliphatic carbocycles. The van der Waals surface area contributed by atoms with Crippen LogP contribution in [0.5, 0.6) is 0 Å². The molecule has 0 aliphatic rings. The van der Waals surface area contributed by atoms with Gasteiger partial charge in [0.15, 0.2) is 5.11 Å². The van der Waals surface area contributed by atoms with Crippen molar-refractivity contribution in [3.63, 3.8) is 0 Å². The third kappa shape index (κ3) is 4.11. The van der Waals surface area contributed by atoms with Crippen molar-refractivity contribution in [3.05, 3.63) is 0 Å². The second-order valence-corrected chi connectivity index (χ2v) is 2.01. The molecular formula is C3H7N5O3S. The number of rotatable bonds is 0. The van der Waals surface area contributed by atoms with Crippen molar-refractivity contribution in [2.24, 2.45) is 11.5 Å². The summed E-state index contributed by atoms with van der Waals surface area (Å²) in [5.41, 5.74) is 13.2. The number of carboxylic acid groups (broad SMARTS) is 1. The van der Waals surface area contributed by atoms with E-state index < -0.39 is 12.1 Å². The molecule has 0 rings (SSSR count). The van der Waals surface area contributed by atoms with Crippen LogP contribution in [0.15, 0.2) is 0 Å². The molecule has 8 nitrogen and oxygen atoms in total. The molecule has 0 saturated carbocycles. The summed E-state index contributed by atoms with van der Waals surface area (Å²) in [6.07, 6.45) is -1.50. The molecule has 9 heteroatoms. The Morgan fingerprint density at radius 2 is 1.83 bits per heavy atom. The molecule has 0 unspecified atom stereocenters. The lowest BCUT2D eigenvalue weighted by atomic mass is 11.0. The van der Waals surface area contributed by atoms with Crippen molar-refractivity contribution >= 4 is 29.5 Å².